The summed E-state index contributed by atoms with van der Waals surface area (Å²) < 4.78 is 0. The standard InChI is InChI=1S/C13H13NO3/c1-2-5-12(15)14-9-8-10-6-3-4-7-11(10)13(16)17/h1,3-4,6-7H,5,8-9H2,(H,14,15)(H,16,17). The zero-order valence-electron chi connectivity index (χ0n) is 9.27. The minimum atomic E-state index is -0.962. The van der Waals surface area contributed by atoms with Gasteiger partial charge in [-0.25, -0.2) is 4.79 Å². The van der Waals surface area contributed by atoms with E-state index in [1.165, 1.54) is 0 Å². The van der Waals surface area contributed by atoms with E-state index in [4.69, 9.17) is 11.5 Å². The van der Waals surface area contributed by atoms with Gasteiger partial charge in [-0.15, -0.1) is 6.42 Å². The number of carboxylic acid groups (broad SMARTS) is 1. The van der Waals surface area contributed by atoms with Gasteiger partial charge in [0.25, 0.3) is 0 Å². The van der Waals surface area contributed by atoms with Crippen LogP contribution in [0, 0.1) is 12.3 Å². The molecular weight excluding hydrogens is 218 g/mol. The molecule has 0 spiro atoms. The molecule has 0 aliphatic carbocycles. The Morgan fingerprint density at radius 2 is 2.06 bits per heavy atom. The first-order valence-electron chi connectivity index (χ1n) is 5.16. The molecule has 1 rings (SSSR count). The number of hydrogen-bond acceptors (Lipinski definition) is 2. The molecule has 0 unspecified atom stereocenters. The zero-order valence-corrected chi connectivity index (χ0v) is 9.27. The summed E-state index contributed by atoms with van der Waals surface area (Å²) >= 11 is 0. The quantitative estimate of drug-likeness (QED) is 0.745. The number of amides is 1. The van der Waals surface area contributed by atoms with Gasteiger partial charge in [-0.1, -0.05) is 24.1 Å². The monoisotopic (exact) mass is 231 g/mol. The molecule has 0 aliphatic rings. The van der Waals surface area contributed by atoms with Crippen molar-refractivity contribution in [3.05, 3.63) is 35.4 Å². The number of nitrogens with one attached hydrogen (secondary N) is 1. The van der Waals surface area contributed by atoms with Crippen molar-refractivity contribution in [2.24, 2.45) is 0 Å². The van der Waals surface area contributed by atoms with E-state index in [0.717, 1.165) is 0 Å². The number of carbonyl (C=O) groups is 2. The SMILES string of the molecule is C#CCC(=O)NCCc1ccccc1C(=O)O. The first-order chi connectivity index (χ1) is 8.15. The molecule has 1 aromatic rings. The third-order valence-corrected chi connectivity index (χ3v) is 2.23. The summed E-state index contributed by atoms with van der Waals surface area (Å²) in [6.07, 6.45) is 5.50. The van der Waals surface area contributed by atoms with Gasteiger partial charge >= 0.3 is 5.97 Å². The van der Waals surface area contributed by atoms with E-state index in [0.29, 0.717) is 18.5 Å². The molecule has 0 saturated heterocycles. The van der Waals surface area contributed by atoms with E-state index in [2.05, 4.69) is 11.2 Å². The molecule has 1 aromatic carbocycles. The van der Waals surface area contributed by atoms with Crippen LogP contribution in [0.5, 0.6) is 0 Å². The smallest absolute Gasteiger partial charge is 0.335 e. The number of carbonyl (C=O) groups excluding carboxylic acids is 1. The molecule has 0 aliphatic heterocycles. The van der Waals surface area contributed by atoms with E-state index in [1.54, 1.807) is 24.3 Å². The number of terminal acetylenes is 1. The van der Waals surface area contributed by atoms with Gasteiger partial charge in [0, 0.05) is 6.54 Å². The van der Waals surface area contributed by atoms with Gasteiger partial charge < -0.3 is 10.4 Å². The molecule has 2 N–H and O–H groups in total. The summed E-state index contributed by atoms with van der Waals surface area (Å²) in [4.78, 5) is 22.0. The van der Waals surface area contributed by atoms with Gasteiger partial charge in [-0.3, -0.25) is 4.79 Å². The highest BCUT2D eigenvalue weighted by atomic mass is 16.4. The molecule has 0 fully saturated rings. The van der Waals surface area contributed by atoms with Crippen molar-refractivity contribution >= 4 is 11.9 Å². The second-order valence-corrected chi connectivity index (χ2v) is 3.44. The van der Waals surface area contributed by atoms with Crippen LogP contribution in [0.3, 0.4) is 0 Å². The number of benzene rings is 1. The lowest BCUT2D eigenvalue weighted by Crippen LogP contribution is -2.25. The lowest BCUT2D eigenvalue weighted by Gasteiger charge is -2.06. The van der Waals surface area contributed by atoms with Crippen LogP contribution >= 0.6 is 0 Å². The summed E-state index contributed by atoms with van der Waals surface area (Å²) in [7, 11) is 0. The normalized spacial score (nSPS) is 9.35. The Morgan fingerprint density at radius 3 is 2.71 bits per heavy atom. The van der Waals surface area contributed by atoms with Crippen LogP contribution in [0.2, 0.25) is 0 Å². The molecule has 0 radical (unpaired) electrons. The van der Waals surface area contributed by atoms with Gasteiger partial charge in [0.2, 0.25) is 5.91 Å². The molecule has 0 heterocycles. The number of rotatable bonds is 5. The number of aromatic carboxylic acids is 1. The molecule has 0 atom stereocenters. The van der Waals surface area contributed by atoms with Crippen LogP contribution in [-0.2, 0) is 11.2 Å². The van der Waals surface area contributed by atoms with Crippen LogP contribution in [0.15, 0.2) is 24.3 Å². The van der Waals surface area contributed by atoms with Crippen molar-refractivity contribution in [2.75, 3.05) is 6.54 Å². The third kappa shape index (κ3) is 3.99. The molecule has 4 nitrogen and oxygen atoms in total. The van der Waals surface area contributed by atoms with Gasteiger partial charge in [0.15, 0.2) is 0 Å². The molecule has 4 heteroatoms. The Kier molecular flexibility index (Phi) is 4.77. The van der Waals surface area contributed by atoms with Crippen LogP contribution in [0.4, 0.5) is 0 Å². The predicted molar refractivity (Wildman–Crippen MR) is 63.6 cm³/mol. The first-order valence-corrected chi connectivity index (χ1v) is 5.16. The molecule has 1 amide bonds. The topological polar surface area (TPSA) is 66.4 Å². The van der Waals surface area contributed by atoms with Crippen LogP contribution in [0.25, 0.3) is 0 Å². The average Bonchev–Trinajstić information content (AvgIpc) is 2.30. The van der Waals surface area contributed by atoms with Crippen molar-refractivity contribution < 1.29 is 14.7 Å². The molecule has 17 heavy (non-hydrogen) atoms. The summed E-state index contributed by atoms with van der Waals surface area (Å²) in [5.41, 5.74) is 0.958. The third-order valence-electron chi connectivity index (χ3n) is 2.23. The fourth-order valence-corrected chi connectivity index (χ4v) is 1.44. The molecular formula is C13H13NO3. The van der Waals surface area contributed by atoms with E-state index in [9.17, 15) is 9.59 Å². The second kappa shape index (κ2) is 6.33. The highest BCUT2D eigenvalue weighted by Gasteiger charge is 2.08. The van der Waals surface area contributed by atoms with Gasteiger partial charge in [0.1, 0.15) is 0 Å². The lowest BCUT2D eigenvalue weighted by molar-refractivity contribution is -0.120. The Hall–Kier alpha value is -2.28. The van der Waals surface area contributed by atoms with Crippen molar-refractivity contribution in [1.29, 1.82) is 0 Å². The maximum absolute atomic E-state index is 11.1. The Labute approximate surface area is 99.7 Å². The van der Waals surface area contributed by atoms with E-state index < -0.39 is 5.97 Å². The summed E-state index contributed by atoms with van der Waals surface area (Å²) in [6, 6.07) is 6.71. The largest absolute Gasteiger partial charge is 0.478 e. The van der Waals surface area contributed by atoms with Crippen LogP contribution < -0.4 is 5.32 Å². The van der Waals surface area contributed by atoms with E-state index in [-0.39, 0.29) is 17.9 Å². The molecule has 0 aromatic heterocycles. The average molecular weight is 231 g/mol. The summed E-state index contributed by atoms with van der Waals surface area (Å²) in [5, 5.41) is 11.6. The second-order valence-electron chi connectivity index (χ2n) is 3.44. The number of carboxylic acids is 1. The highest BCUT2D eigenvalue weighted by molar-refractivity contribution is 5.89. The fraction of sp³-hybridized carbons (Fsp3) is 0.231. The van der Waals surface area contributed by atoms with E-state index in [1.807, 2.05) is 0 Å². The van der Waals surface area contributed by atoms with Crippen LogP contribution in [-0.4, -0.2) is 23.5 Å². The van der Waals surface area contributed by atoms with Crippen molar-refractivity contribution in [1.82, 2.24) is 5.32 Å². The highest BCUT2D eigenvalue weighted by Crippen LogP contribution is 2.08. The fourth-order valence-electron chi connectivity index (χ4n) is 1.44. The number of hydrogen-bond donors (Lipinski definition) is 2. The van der Waals surface area contributed by atoms with Crippen molar-refractivity contribution in [2.45, 2.75) is 12.8 Å². The molecule has 0 saturated carbocycles. The van der Waals surface area contributed by atoms with Crippen molar-refractivity contribution in [3.8, 4) is 12.3 Å². The summed E-state index contributed by atoms with van der Waals surface area (Å²) in [5.74, 6) is 1.06. The molecule has 88 valence electrons. The van der Waals surface area contributed by atoms with Gasteiger partial charge in [0.05, 0.1) is 12.0 Å². The Bertz CT molecular complexity index is 460. The van der Waals surface area contributed by atoms with Crippen LogP contribution in [0.1, 0.15) is 22.3 Å². The van der Waals surface area contributed by atoms with Gasteiger partial charge in [-0.05, 0) is 18.1 Å². The van der Waals surface area contributed by atoms with Gasteiger partial charge in [-0.2, -0.15) is 0 Å². The predicted octanol–water partition coefficient (Wildman–Crippen LogP) is 1.07. The summed E-state index contributed by atoms with van der Waals surface area (Å²) in [6.45, 7) is 0.380. The first kappa shape index (κ1) is 12.8. The maximum atomic E-state index is 11.1. The Morgan fingerprint density at radius 1 is 1.35 bits per heavy atom. The lowest BCUT2D eigenvalue weighted by atomic mass is 10.0. The minimum absolute atomic E-state index is 0.0422. The minimum Gasteiger partial charge on any atom is -0.478 e. The maximum Gasteiger partial charge on any atom is 0.335 e. The molecule has 0 bridgehead atoms. The zero-order chi connectivity index (χ0) is 12.7. The van der Waals surface area contributed by atoms with Crippen molar-refractivity contribution in [3.63, 3.8) is 0 Å². The van der Waals surface area contributed by atoms with E-state index >= 15 is 0 Å². The Balaban J connectivity index is 2.55.